The molecule has 106 valence electrons. The van der Waals surface area contributed by atoms with E-state index in [2.05, 4.69) is 15.3 Å². The standard InChI is InChI=1S/C11H19N5O3/c1-7(2)19-4-3-18-6-16-5-13-8-9(16)14-11(12)15-10(8)17/h5,7-9H,3-4,6H2,1-2H3,(H3,12,14,15,17). The number of carbonyl (C=O) groups excluding carboxylic acids is 1. The Bertz CT molecular complexity index is 396. The van der Waals surface area contributed by atoms with Crippen LogP contribution in [-0.4, -0.2) is 61.4 Å². The number of fused-ring (bicyclic) bond motifs is 1. The van der Waals surface area contributed by atoms with Crippen molar-refractivity contribution in [3.63, 3.8) is 0 Å². The highest BCUT2D eigenvalue weighted by Crippen LogP contribution is 2.17. The van der Waals surface area contributed by atoms with Crippen molar-refractivity contribution in [1.82, 2.24) is 10.2 Å². The highest BCUT2D eigenvalue weighted by molar-refractivity contribution is 6.02. The number of nitrogens with zero attached hydrogens (tertiary/aromatic N) is 3. The van der Waals surface area contributed by atoms with E-state index in [1.54, 1.807) is 11.2 Å². The maximum Gasteiger partial charge on any atom is 0.255 e. The molecule has 0 bridgehead atoms. The number of guanidine groups is 1. The third-order valence-electron chi connectivity index (χ3n) is 2.71. The van der Waals surface area contributed by atoms with E-state index in [4.69, 9.17) is 15.2 Å². The van der Waals surface area contributed by atoms with Crippen LogP contribution in [0.4, 0.5) is 0 Å². The molecule has 2 heterocycles. The van der Waals surface area contributed by atoms with E-state index < -0.39 is 12.2 Å². The second-order valence-corrected chi connectivity index (χ2v) is 4.60. The number of amides is 1. The number of rotatable bonds is 6. The van der Waals surface area contributed by atoms with Gasteiger partial charge in [0.25, 0.3) is 5.91 Å². The summed E-state index contributed by atoms with van der Waals surface area (Å²) >= 11 is 0. The number of ether oxygens (including phenoxy) is 2. The van der Waals surface area contributed by atoms with Gasteiger partial charge in [-0.2, -0.15) is 0 Å². The van der Waals surface area contributed by atoms with Crippen LogP contribution < -0.4 is 11.1 Å². The molecule has 3 N–H and O–H groups in total. The monoisotopic (exact) mass is 269 g/mol. The summed E-state index contributed by atoms with van der Waals surface area (Å²) in [5, 5.41) is 2.45. The molecule has 8 nitrogen and oxygen atoms in total. The number of hydrogen-bond donors (Lipinski definition) is 2. The fourth-order valence-electron chi connectivity index (χ4n) is 1.83. The topological polar surface area (TPSA) is 102 Å². The van der Waals surface area contributed by atoms with Crippen LogP contribution in [0.2, 0.25) is 0 Å². The van der Waals surface area contributed by atoms with Gasteiger partial charge in [-0.1, -0.05) is 0 Å². The van der Waals surface area contributed by atoms with Gasteiger partial charge in [0, 0.05) is 0 Å². The van der Waals surface area contributed by atoms with Crippen molar-refractivity contribution in [3.05, 3.63) is 0 Å². The van der Waals surface area contributed by atoms with Crippen molar-refractivity contribution in [3.8, 4) is 0 Å². The van der Waals surface area contributed by atoms with Gasteiger partial charge in [-0.25, -0.2) is 4.99 Å². The molecule has 2 atom stereocenters. The molecule has 0 aliphatic carbocycles. The summed E-state index contributed by atoms with van der Waals surface area (Å²) in [6.07, 6.45) is 1.35. The van der Waals surface area contributed by atoms with Gasteiger partial charge in [0.2, 0.25) is 0 Å². The van der Waals surface area contributed by atoms with Crippen molar-refractivity contribution < 1.29 is 14.3 Å². The quantitative estimate of drug-likeness (QED) is 0.594. The van der Waals surface area contributed by atoms with Crippen molar-refractivity contribution in [2.45, 2.75) is 32.2 Å². The van der Waals surface area contributed by atoms with Gasteiger partial charge in [0.1, 0.15) is 6.73 Å². The minimum atomic E-state index is -0.539. The minimum absolute atomic E-state index is 0.116. The fraction of sp³-hybridized carbons (Fsp3) is 0.727. The van der Waals surface area contributed by atoms with Crippen molar-refractivity contribution >= 4 is 18.2 Å². The van der Waals surface area contributed by atoms with E-state index in [0.29, 0.717) is 19.9 Å². The largest absolute Gasteiger partial charge is 0.376 e. The zero-order valence-corrected chi connectivity index (χ0v) is 11.1. The molecule has 0 spiro atoms. The van der Waals surface area contributed by atoms with Gasteiger partial charge in [0.05, 0.1) is 25.7 Å². The third kappa shape index (κ3) is 3.42. The molecular formula is C11H19N5O3. The van der Waals surface area contributed by atoms with Gasteiger partial charge < -0.3 is 20.1 Å². The first-order valence-corrected chi connectivity index (χ1v) is 6.20. The molecule has 0 saturated heterocycles. The summed E-state index contributed by atoms with van der Waals surface area (Å²) < 4.78 is 10.8. The molecule has 2 unspecified atom stereocenters. The van der Waals surface area contributed by atoms with Crippen LogP contribution in [-0.2, 0) is 14.3 Å². The Balaban J connectivity index is 1.78. The van der Waals surface area contributed by atoms with Crippen LogP contribution in [0.3, 0.4) is 0 Å². The molecule has 0 fully saturated rings. The van der Waals surface area contributed by atoms with E-state index in [0.717, 1.165) is 0 Å². The van der Waals surface area contributed by atoms with E-state index >= 15 is 0 Å². The number of carbonyl (C=O) groups is 1. The molecule has 0 aromatic rings. The normalized spacial score (nSPS) is 25.5. The molecule has 19 heavy (non-hydrogen) atoms. The molecule has 8 heteroatoms. The van der Waals surface area contributed by atoms with E-state index in [1.807, 2.05) is 13.8 Å². The predicted octanol–water partition coefficient (Wildman–Crippen LogP) is -1.13. The van der Waals surface area contributed by atoms with Crippen LogP contribution in [0.5, 0.6) is 0 Å². The summed E-state index contributed by atoms with van der Waals surface area (Å²) in [7, 11) is 0. The van der Waals surface area contributed by atoms with Crippen LogP contribution >= 0.6 is 0 Å². The number of nitrogens with two attached hydrogens (primary N) is 1. The summed E-state index contributed by atoms with van der Waals surface area (Å²) in [6.45, 7) is 5.25. The first kappa shape index (κ1) is 13.8. The van der Waals surface area contributed by atoms with E-state index in [1.165, 1.54) is 0 Å². The first-order valence-electron chi connectivity index (χ1n) is 6.20. The highest BCUT2D eigenvalue weighted by Gasteiger charge is 2.39. The lowest BCUT2D eigenvalue weighted by molar-refractivity contribution is -0.122. The maximum absolute atomic E-state index is 11.6. The Hall–Kier alpha value is -1.67. The second kappa shape index (κ2) is 5.98. The van der Waals surface area contributed by atoms with Gasteiger partial charge in [-0.3, -0.25) is 15.1 Å². The van der Waals surface area contributed by atoms with Crippen LogP contribution in [0.1, 0.15) is 13.8 Å². The van der Waals surface area contributed by atoms with Crippen molar-refractivity contribution in [2.75, 3.05) is 19.9 Å². The average molecular weight is 269 g/mol. The van der Waals surface area contributed by atoms with Crippen molar-refractivity contribution in [2.24, 2.45) is 15.7 Å². The summed E-state index contributed by atoms with van der Waals surface area (Å²) in [6, 6.07) is -0.539. The third-order valence-corrected chi connectivity index (χ3v) is 2.71. The van der Waals surface area contributed by atoms with Gasteiger partial charge >= 0.3 is 0 Å². The fourth-order valence-corrected chi connectivity index (χ4v) is 1.83. The molecule has 2 rings (SSSR count). The molecule has 0 aromatic carbocycles. The molecule has 2 aliphatic rings. The number of aliphatic imine (C=N–C) groups is 2. The Kier molecular flexibility index (Phi) is 4.33. The van der Waals surface area contributed by atoms with E-state index in [-0.39, 0.29) is 18.0 Å². The van der Waals surface area contributed by atoms with Crippen LogP contribution in [0.15, 0.2) is 9.98 Å². The van der Waals surface area contributed by atoms with Gasteiger partial charge in [-0.05, 0) is 13.8 Å². The molecular weight excluding hydrogens is 250 g/mol. The van der Waals surface area contributed by atoms with Gasteiger partial charge in [-0.15, -0.1) is 0 Å². The second-order valence-electron chi connectivity index (χ2n) is 4.60. The Labute approximate surface area is 111 Å². The maximum atomic E-state index is 11.6. The zero-order valence-electron chi connectivity index (χ0n) is 11.1. The Morgan fingerprint density at radius 2 is 2.32 bits per heavy atom. The lowest BCUT2D eigenvalue weighted by Gasteiger charge is -2.27. The molecule has 2 aliphatic heterocycles. The van der Waals surface area contributed by atoms with Gasteiger partial charge in [0.15, 0.2) is 18.2 Å². The smallest absolute Gasteiger partial charge is 0.255 e. The van der Waals surface area contributed by atoms with Crippen LogP contribution in [0.25, 0.3) is 0 Å². The first-order chi connectivity index (χ1) is 9.08. The van der Waals surface area contributed by atoms with Crippen molar-refractivity contribution in [1.29, 1.82) is 0 Å². The lowest BCUT2D eigenvalue weighted by atomic mass is 10.2. The highest BCUT2D eigenvalue weighted by atomic mass is 16.5. The number of nitrogens with one attached hydrogen (secondary N) is 1. The average Bonchev–Trinajstić information content (AvgIpc) is 2.72. The van der Waals surface area contributed by atoms with Crippen LogP contribution in [0, 0.1) is 0 Å². The number of hydrogen-bond acceptors (Lipinski definition) is 7. The summed E-state index contributed by atoms with van der Waals surface area (Å²) in [5.41, 5.74) is 5.53. The summed E-state index contributed by atoms with van der Waals surface area (Å²) in [5.74, 6) is -0.121. The van der Waals surface area contributed by atoms with E-state index in [9.17, 15) is 4.79 Å². The molecule has 0 aromatic heterocycles. The minimum Gasteiger partial charge on any atom is -0.376 e. The Morgan fingerprint density at radius 3 is 3.05 bits per heavy atom. The molecule has 0 radical (unpaired) electrons. The predicted molar refractivity (Wildman–Crippen MR) is 69.6 cm³/mol. The Morgan fingerprint density at radius 1 is 1.53 bits per heavy atom. The zero-order chi connectivity index (χ0) is 13.8. The summed E-state index contributed by atoms with van der Waals surface area (Å²) in [4.78, 5) is 21.6. The molecule has 0 saturated carbocycles. The lowest BCUT2D eigenvalue weighted by Crippen LogP contribution is -2.54. The SMILES string of the molecule is CC(C)OCCOCN1C=NC2C(=O)NC(N)=NC21. The molecule has 1 amide bonds.